The summed E-state index contributed by atoms with van der Waals surface area (Å²) < 4.78 is 35.4. The van der Waals surface area contributed by atoms with E-state index in [9.17, 15) is 13.2 Å². The van der Waals surface area contributed by atoms with Gasteiger partial charge in [-0.05, 0) is 56.3 Å². The number of rotatable bonds is 5. The van der Waals surface area contributed by atoms with Gasteiger partial charge in [-0.2, -0.15) is 4.31 Å². The van der Waals surface area contributed by atoms with Gasteiger partial charge in [0.2, 0.25) is 10.0 Å². The quantitative estimate of drug-likeness (QED) is 0.456. The van der Waals surface area contributed by atoms with Crippen molar-refractivity contribution < 1.29 is 17.9 Å². The fourth-order valence-corrected chi connectivity index (χ4v) is 5.91. The number of carbonyl (C=O) groups excluding carboxylic acids is 1. The molecule has 0 spiro atoms. The van der Waals surface area contributed by atoms with E-state index < -0.39 is 10.0 Å². The predicted octanol–water partition coefficient (Wildman–Crippen LogP) is 4.05. The number of benzene rings is 2. The number of aromatic nitrogens is 2. The van der Waals surface area contributed by atoms with Crippen LogP contribution in [0.3, 0.4) is 0 Å². The summed E-state index contributed by atoms with van der Waals surface area (Å²) in [5.41, 5.74) is 3.49. The zero-order valence-electron chi connectivity index (χ0n) is 19.5. The summed E-state index contributed by atoms with van der Waals surface area (Å²) in [7, 11) is -3.74. The summed E-state index contributed by atoms with van der Waals surface area (Å²) in [5.74, 6) is -0.383. The number of morpholine rings is 1. The predicted molar refractivity (Wildman–Crippen MR) is 134 cm³/mol. The van der Waals surface area contributed by atoms with Gasteiger partial charge in [-0.25, -0.2) is 13.4 Å². The molecule has 1 aliphatic rings. The maximum Gasteiger partial charge on any atom is 0.255 e. The van der Waals surface area contributed by atoms with Crippen LogP contribution in [0.15, 0.2) is 84.0 Å². The van der Waals surface area contributed by atoms with Crippen LogP contribution in [0, 0.1) is 0 Å². The van der Waals surface area contributed by atoms with Gasteiger partial charge in [0.15, 0.2) is 0 Å². The number of ether oxygens (including phenoxy) is 1. The molecule has 0 aliphatic carbocycles. The lowest BCUT2D eigenvalue weighted by molar-refractivity contribution is -0.0440. The van der Waals surface area contributed by atoms with E-state index >= 15 is 0 Å². The molecule has 0 unspecified atom stereocenters. The molecule has 1 fully saturated rings. The fourth-order valence-electron chi connectivity index (χ4n) is 4.28. The molecule has 35 heavy (non-hydrogen) atoms. The van der Waals surface area contributed by atoms with Crippen LogP contribution in [0.25, 0.3) is 16.9 Å². The van der Waals surface area contributed by atoms with Crippen LogP contribution >= 0.6 is 0 Å². The number of hydrogen-bond acceptors (Lipinski definition) is 5. The number of pyridine rings is 1. The summed E-state index contributed by atoms with van der Waals surface area (Å²) in [5, 5.41) is 2.84. The highest BCUT2D eigenvalue weighted by molar-refractivity contribution is 7.89. The number of hydrogen-bond donors (Lipinski definition) is 1. The third-order valence-electron chi connectivity index (χ3n) is 5.92. The van der Waals surface area contributed by atoms with Gasteiger partial charge in [0.25, 0.3) is 5.91 Å². The van der Waals surface area contributed by atoms with Gasteiger partial charge < -0.3 is 14.5 Å². The Morgan fingerprint density at radius 3 is 2.46 bits per heavy atom. The van der Waals surface area contributed by atoms with Gasteiger partial charge in [0.05, 0.1) is 22.8 Å². The molecule has 3 heterocycles. The highest BCUT2D eigenvalue weighted by Crippen LogP contribution is 2.24. The molecule has 2 aromatic carbocycles. The molecule has 0 bridgehead atoms. The SMILES string of the molecule is C[C@H]1CN(S(=O)(=O)c2cccc(C(=O)Nc3ccc(-c4cn5ccccc5n4)cc3)c2)C[C@H](C)O1. The topological polar surface area (TPSA) is 93.0 Å². The van der Waals surface area contributed by atoms with E-state index in [2.05, 4.69) is 10.3 Å². The smallest absolute Gasteiger partial charge is 0.255 e. The zero-order chi connectivity index (χ0) is 24.6. The molecule has 5 rings (SSSR count). The molecule has 8 nitrogen and oxygen atoms in total. The first-order chi connectivity index (χ1) is 16.8. The van der Waals surface area contributed by atoms with E-state index in [0.29, 0.717) is 5.69 Å². The first kappa shape index (κ1) is 23.2. The standard InChI is InChI=1S/C26H26N4O4S/c1-18-15-30(16-19(2)34-18)35(32,33)23-7-5-6-21(14-23)26(31)27-22-11-9-20(10-12-22)24-17-29-13-4-3-8-25(29)28-24/h3-14,17-19H,15-16H2,1-2H3,(H,27,31)/t18-,19-/m0/s1. The van der Waals surface area contributed by atoms with Crippen molar-refractivity contribution in [2.75, 3.05) is 18.4 Å². The number of carbonyl (C=O) groups is 1. The van der Waals surface area contributed by atoms with E-state index in [1.807, 2.05) is 61.0 Å². The number of nitrogens with one attached hydrogen (secondary N) is 1. The summed E-state index contributed by atoms with van der Waals surface area (Å²) in [6, 6.07) is 19.3. The molecule has 2 atom stereocenters. The summed E-state index contributed by atoms with van der Waals surface area (Å²) in [4.78, 5) is 17.6. The molecule has 0 saturated carbocycles. The lowest BCUT2D eigenvalue weighted by Gasteiger charge is -2.34. The third-order valence-corrected chi connectivity index (χ3v) is 7.75. The second kappa shape index (κ2) is 9.26. The molecular formula is C26H26N4O4S. The van der Waals surface area contributed by atoms with Crippen molar-refractivity contribution in [2.24, 2.45) is 0 Å². The number of anilines is 1. The van der Waals surface area contributed by atoms with Crippen LogP contribution in [0.1, 0.15) is 24.2 Å². The molecule has 1 saturated heterocycles. The minimum Gasteiger partial charge on any atom is -0.373 e. The largest absolute Gasteiger partial charge is 0.373 e. The van der Waals surface area contributed by atoms with Crippen LogP contribution in [0.4, 0.5) is 5.69 Å². The first-order valence-electron chi connectivity index (χ1n) is 11.4. The average Bonchev–Trinajstić information content (AvgIpc) is 3.28. The van der Waals surface area contributed by atoms with Crippen molar-refractivity contribution in [3.8, 4) is 11.3 Å². The van der Waals surface area contributed by atoms with Gasteiger partial charge in [0, 0.05) is 42.3 Å². The Kier molecular flexibility index (Phi) is 6.14. The van der Waals surface area contributed by atoms with Gasteiger partial charge >= 0.3 is 0 Å². The van der Waals surface area contributed by atoms with Crippen molar-refractivity contribution >= 4 is 27.3 Å². The minimum absolute atomic E-state index is 0.0913. The molecule has 9 heteroatoms. The normalized spacial score (nSPS) is 19.0. The van der Waals surface area contributed by atoms with Crippen LogP contribution in [0.5, 0.6) is 0 Å². The van der Waals surface area contributed by atoms with Crippen molar-refractivity contribution in [1.29, 1.82) is 0 Å². The highest BCUT2D eigenvalue weighted by Gasteiger charge is 2.32. The number of sulfonamides is 1. The minimum atomic E-state index is -3.74. The Hall–Kier alpha value is -3.53. The molecule has 0 radical (unpaired) electrons. The van der Waals surface area contributed by atoms with Crippen molar-refractivity contribution in [1.82, 2.24) is 13.7 Å². The molecule has 180 valence electrons. The van der Waals surface area contributed by atoms with Crippen molar-refractivity contribution in [3.63, 3.8) is 0 Å². The Bertz CT molecular complexity index is 1440. The van der Waals surface area contributed by atoms with Gasteiger partial charge in [-0.3, -0.25) is 4.79 Å². The first-order valence-corrected chi connectivity index (χ1v) is 12.8. The summed E-state index contributed by atoms with van der Waals surface area (Å²) in [6.07, 6.45) is 3.51. The Balaban J connectivity index is 1.31. The third kappa shape index (κ3) is 4.84. The van der Waals surface area contributed by atoms with E-state index in [1.54, 1.807) is 24.3 Å². The average molecular weight is 491 g/mol. The molecular weight excluding hydrogens is 464 g/mol. The monoisotopic (exact) mass is 490 g/mol. The number of imidazole rings is 1. The second-order valence-electron chi connectivity index (χ2n) is 8.73. The lowest BCUT2D eigenvalue weighted by Crippen LogP contribution is -2.48. The Labute approximate surface area is 204 Å². The highest BCUT2D eigenvalue weighted by atomic mass is 32.2. The van der Waals surface area contributed by atoms with Crippen LogP contribution in [-0.4, -0.2) is 53.3 Å². The van der Waals surface area contributed by atoms with Gasteiger partial charge in [-0.1, -0.05) is 24.3 Å². The van der Waals surface area contributed by atoms with E-state index in [-0.39, 0.29) is 41.7 Å². The molecule has 2 aromatic heterocycles. The van der Waals surface area contributed by atoms with Crippen molar-refractivity contribution in [2.45, 2.75) is 31.0 Å². The fraction of sp³-hybridized carbons (Fsp3) is 0.231. The molecule has 1 N–H and O–H groups in total. The Morgan fingerprint density at radius 1 is 1.00 bits per heavy atom. The van der Waals surface area contributed by atoms with E-state index in [4.69, 9.17) is 4.74 Å². The number of fused-ring (bicyclic) bond motifs is 1. The van der Waals surface area contributed by atoms with Gasteiger partial charge in [0.1, 0.15) is 5.65 Å². The number of amides is 1. The lowest BCUT2D eigenvalue weighted by atomic mass is 10.1. The Morgan fingerprint density at radius 2 is 1.74 bits per heavy atom. The van der Waals surface area contributed by atoms with Crippen LogP contribution in [0.2, 0.25) is 0 Å². The maximum absolute atomic E-state index is 13.2. The van der Waals surface area contributed by atoms with Crippen LogP contribution in [-0.2, 0) is 14.8 Å². The molecule has 4 aromatic rings. The molecule has 1 amide bonds. The van der Waals surface area contributed by atoms with Gasteiger partial charge in [-0.15, -0.1) is 0 Å². The van der Waals surface area contributed by atoms with Crippen molar-refractivity contribution in [3.05, 3.63) is 84.7 Å². The number of nitrogens with zero attached hydrogens (tertiary/aromatic N) is 3. The zero-order valence-corrected chi connectivity index (χ0v) is 20.3. The second-order valence-corrected chi connectivity index (χ2v) is 10.7. The summed E-state index contributed by atoms with van der Waals surface area (Å²) >= 11 is 0. The summed E-state index contributed by atoms with van der Waals surface area (Å²) in [6.45, 7) is 4.26. The molecule has 1 aliphatic heterocycles. The maximum atomic E-state index is 13.2. The van der Waals surface area contributed by atoms with Crippen LogP contribution < -0.4 is 5.32 Å². The van der Waals surface area contributed by atoms with E-state index in [0.717, 1.165) is 16.9 Å². The van der Waals surface area contributed by atoms with E-state index in [1.165, 1.54) is 16.4 Å².